The first kappa shape index (κ1) is 27.5. The van der Waals surface area contributed by atoms with Crippen LogP contribution in [0.4, 0.5) is 0 Å². The molecule has 5 rings (SSSR count). The molecule has 10 heteroatoms. The summed E-state index contributed by atoms with van der Waals surface area (Å²) in [5, 5.41) is 13.4. The number of nitrogens with one attached hydrogen (secondary N) is 1. The maximum Gasteiger partial charge on any atom is 0.326 e. The van der Waals surface area contributed by atoms with Crippen molar-refractivity contribution >= 4 is 17.0 Å². The van der Waals surface area contributed by atoms with Crippen molar-refractivity contribution in [2.24, 2.45) is 13.0 Å². The van der Waals surface area contributed by atoms with Crippen LogP contribution in [0.1, 0.15) is 37.3 Å². The van der Waals surface area contributed by atoms with Gasteiger partial charge in [-0.05, 0) is 56.4 Å². The predicted octanol–water partition coefficient (Wildman–Crippen LogP) is 2.31. The molecule has 0 unspecified atom stereocenters. The van der Waals surface area contributed by atoms with E-state index >= 15 is 0 Å². The maximum atomic E-state index is 12.7. The Morgan fingerprint density at radius 3 is 2.67 bits per heavy atom. The highest BCUT2D eigenvalue weighted by atomic mass is 16.6. The molecule has 2 N–H and O–H groups in total. The van der Waals surface area contributed by atoms with E-state index in [1.165, 1.54) is 0 Å². The normalized spacial score (nSPS) is 19.8. The molecular formula is C29H38N4O6. The summed E-state index contributed by atoms with van der Waals surface area (Å²) < 4.78 is 20.2. The molecule has 2 aliphatic heterocycles. The third-order valence-electron chi connectivity index (χ3n) is 7.65. The highest BCUT2D eigenvalue weighted by Gasteiger charge is 2.29. The lowest BCUT2D eigenvalue weighted by Gasteiger charge is -2.23. The van der Waals surface area contributed by atoms with Crippen LogP contribution in [-0.4, -0.2) is 69.9 Å². The molecule has 0 aliphatic carbocycles. The molecule has 2 aliphatic rings. The van der Waals surface area contributed by atoms with E-state index in [0.29, 0.717) is 37.7 Å². The van der Waals surface area contributed by atoms with Crippen LogP contribution < -0.4 is 10.9 Å². The number of carbonyl (C=O) groups excluding carboxylic acids is 1. The Bertz CT molecular complexity index is 1340. The Balaban J connectivity index is 1.41. The molecule has 210 valence electrons. The van der Waals surface area contributed by atoms with Crippen molar-refractivity contribution in [3.05, 3.63) is 51.9 Å². The number of rotatable bonds is 9. The van der Waals surface area contributed by atoms with Gasteiger partial charge in [-0.2, -0.15) is 0 Å². The summed E-state index contributed by atoms with van der Waals surface area (Å²) in [6.45, 7) is 7.08. The molecule has 4 heterocycles. The molecule has 0 spiro atoms. The highest BCUT2D eigenvalue weighted by Crippen LogP contribution is 2.29. The number of benzene rings is 1. The van der Waals surface area contributed by atoms with Crippen molar-refractivity contribution in [2.75, 3.05) is 26.4 Å². The number of aliphatic hydroxyl groups is 1. The Hall–Kier alpha value is -3.05. The van der Waals surface area contributed by atoms with Gasteiger partial charge in [0.15, 0.2) is 0 Å². The van der Waals surface area contributed by atoms with Gasteiger partial charge in [0.25, 0.3) is 5.56 Å². The summed E-state index contributed by atoms with van der Waals surface area (Å²) in [6.07, 6.45) is 3.32. The van der Waals surface area contributed by atoms with Gasteiger partial charge < -0.3 is 28.5 Å². The highest BCUT2D eigenvalue weighted by molar-refractivity contribution is 5.81. The number of esters is 1. The standard InChI is InChI=1S/C29H38N4O6/c1-18-12-22(16-32(3)28(18)35)27-31-24-13-21(4-5-25(24)33(27)15-20-6-9-37-10-7-20)14-30-26(19(2)34)29(36)39-23-8-11-38-17-23/h4-5,12-13,16,19-20,23,26,30,34H,6-11,14-15,17H2,1-3H3/t19-,23+,26+/m1/s1. The maximum absolute atomic E-state index is 12.7. The van der Waals surface area contributed by atoms with E-state index in [1.54, 1.807) is 18.5 Å². The van der Waals surface area contributed by atoms with Gasteiger partial charge in [-0.15, -0.1) is 0 Å². The number of carbonyl (C=O) groups is 1. The zero-order valence-electron chi connectivity index (χ0n) is 22.9. The van der Waals surface area contributed by atoms with E-state index in [1.807, 2.05) is 31.3 Å². The molecule has 0 saturated carbocycles. The lowest BCUT2D eigenvalue weighted by Crippen LogP contribution is -2.46. The number of aromatic nitrogens is 3. The molecule has 1 aromatic carbocycles. The quantitative estimate of drug-likeness (QED) is 0.399. The first-order chi connectivity index (χ1) is 18.8. The topological polar surface area (TPSA) is 117 Å². The molecule has 0 radical (unpaired) electrons. The summed E-state index contributed by atoms with van der Waals surface area (Å²) in [5.74, 6) is 0.826. The van der Waals surface area contributed by atoms with E-state index < -0.39 is 18.1 Å². The second-order valence-electron chi connectivity index (χ2n) is 10.8. The Morgan fingerprint density at radius 2 is 1.97 bits per heavy atom. The van der Waals surface area contributed by atoms with Crippen LogP contribution in [0.2, 0.25) is 0 Å². The summed E-state index contributed by atoms with van der Waals surface area (Å²) in [5.41, 5.74) is 4.33. The lowest BCUT2D eigenvalue weighted by atomic mass is 10.00. The van der Waals surface area contributed by atoms with E-state index in [9.17, 15) is 14.7 Å². The summed E-state index contributed by atoms with van der Waals surface area (Å²) >= 11 is 0. The second kappa shape index (κ2) is 12.0. The van der Waals surface area contributed by atoms with E-state index in [4.69, 9.17) is 19.2 Å². The molecule has 39 heavy (non-hydrogen) atoms. The van der Waals surface area contributed by atoms with Crippen molar-refractivity contribution in [2.45, 2.75) is 64.4 Å². The van der Waals surface area contributed by atoms with Crippen LogP contribution in [0.25, 0.3) is 22.4 Å². The number of aliphatic hydroxyl groups excluding tert-OH is 1. The molecule has 10 nitrogen and oxygen atoms in total. The summed E-state index contributed by atoms with van der Waals surface area (Å²) in [6, 6.07) is 7.14. The fraction of sp³-hybridized carbons (Fsp3) is 0.552. The Labute approximate surface area is 227 Å². The van der Waals surface area contributed by atoms with Gasteiger partial charge in [0, 0.05) is 57.1 Å². The Morgan fingerprint density at radius 1 is 1.21 bits per heavy atom. The average Bonchev–Trinajstić information content (AvgIpc) is 3.55. The second-order valence-corrected chi connectivity index (χ2v) is 10.8. The molecular weight excluding hydrogens is 500 g/mol. The SMILES string of the molecule is Cc1cc(-c2nc3cc(CN[C@H](C(=O)O[C@H]4CCOC4)[C@@H](C)O)ccc3n2CC2CCOCC2)cn(C)c1=O. The number of nitrogens with zero attached hydrogens (tertiary/aromatic N) is 3. The van der Waals surface area contributed by atoms with Crippen LogP contribution in [-0.2, 0) is 39.1 Å². The zero-order valence-corrected chi connectivity index (χ0v) is 22.9. The van der Waals surface area contributed by atoms with Gasteiger partial charge in [-0.1, -0.05) is 6.07 Å². The number of hydrogen-bond acceptors (Lipinski definition) is 8. The van der Waals surface area contributed by atoms with Crippen LogP contribution >= 0.6 is 0 Å². The summed E-state index contributed by atoms with van der Waals surface area (Å²) in [4.78, 5) is 30.1. The fourth-order valence-corrected chi connectivity index (χ4v) is 5.40. The van der Waals surface area contributed by atoms with Crippen molar-refractivity contribution in [1.29, 1.82) is 0 Å². The molecule has 2 aromatic heterocycles. The first-order valence-corrected chi connectivity index (χ1v) is 13.7. The van der Waals surface area contributed by atoms with Gasteiger partial charge in [0.05, 0.1) is 30.4 Å². The van der Waals surface area contributed by atoms with Crippen LogP contribution in [0.3, 0.4) is 0 Å². The average molecular weight is 539 g/mol. The number of ether oxygens (including phenoxy) is 3. The van der Waals surface area contributed by atoms with Gasteiger partial charge in [-0.25, -0.2) is 4.98 Å². The number of pyridine rings is 1. The predicted molar refractivity (Wildman–Crippen MR) is 146 cm³/mol. The van der Waals surface area contributed by atoms with Crippen LogP contribution in [0, 0.1) is 12.8 Å². The zero-order chi connectivity index (χ0) is 27.5. The molecule has 3 atom stereocenters. The molecule has 2 fully saturated rings. The first-order valence-electron chi connectivity index (χ1n) is 13.7. The van der Waals surface area contributed by atoms with Crippen LogP contribution in [0.15, 0.2) is 35.3 Å². The summed E-state index contributed by atoms with van der Waals surface area (Å²) in [7, 11) is 1.76. The van der Waals surface area contributed by atoms with Gasteiger partial charge in [0.2, 0.25) is 0 Å². The Kier molecular flexibility index (Phi) is 8.46. The molecule has 0 bridgehead atoms. The van der Waals surface area contributed by atoms with Crippen molar-refractivity contribution in [3.8, 4) is 11.4 Å². The van der Waals surface area contributed by atoms with E-state index in [2.05, 4.69) is 16.0 Å². The van der Waals surface area contributed by atoms with E-state index in [-0.39, 0.29) is 11.7 Å². The minimum Gasteiger partial charge on any atom is -0.459 e. The minimum atomic E-state index is -0.915. The van der Waals surface area contributed by atoms with Crippen molar-refractivity contribution in [3.63, 3.8) is 0 Å². The minimum absolute atomic E-state index is 0.0224. The fourth-order valence-electron chi connectivity index (χ4n) is 5.40. The number of aryl methyl sites for hydroxylation is 2. The molecule has 0 amide bonds. The third-order valence-corrected chi connectivity index (χ3v) is 7.65. The van der Waals surface area contributed by atoms with Gasteiger partial charge >= 0.3 is 5.97 Å². The van der Waals surface area contributed by atoms with Crippen molar-refractivity contribution < 1.29 is 24.1 Å². The van der Waals surface area contributed by atoms with Gasteiger partial charge in [-0.3, -0.25) is 14.9 Å². The smallest absolute Gasteiger partial charge is 0.326 e. The molecule has 3 aromatic rings. The lowest BCUT2D eigenvalue weighted by molar-refractivity contribution is -0.154. The molecule has 2 saturated heterocycles. The third kappa shape index (κ3) is 6.24. The van der Waals surface area contributed by atoms with E-state index in [0.717, 1.165) is 60.6 Å². The number of imidazole rings is 1. The van der Waals surface area contributed by atoms with Crippen LogP contribution in [0.5, 0.6) is 0 Å². The monoisotopic (exact) mass is 538 g/mol. The largest absolute Gasteiger partial charge is 0.459 e. The van der Waals surface area contributed by atoms with Crippen molar-refractivity contribution in [1.82, 2.24) is 19.4 Å². The van der Waals surface area contributed by atoms with Gasteiger partial charge in [0.1, 0.15) is 18.0 Å². The number of hydrogen-bond donors (Lipinski definition) is 2. The number of fused-ring (bicyclic) bond motifs is 1.